The minimum absolute atomic E-state index is 0.104. The minimum Gasteiger partial charge on any atom is -0.850 e. The molecule has 0 saturated heterocycles. The summed E-state index contributed by atoms with van der Waals surface area (Å²) in [6.07, 6.45) is 0.404. The first-order valence-corrected chi connectivity index (χ1v) is 8.20. The van der Waals surface area contributed by atoms with E-state index < -0.39 is 21.0 Å². The summed E-state index contributed by atoms with van der Waals surface area (Å²) in [4.78, 5) is 14.3. The Labute approximate surface area is 133 Å². The van der Waals surface area contributed by atoms with Crippen molar-refractivity contribution in [2.24, 2.45) is 4.99 Å². The van der Waals surface area contributed by atoms with Crippen molar-refractivity contribution in [3.8, 4) is 0 Å². The highest BCUT2D eigenvalue weighted by Gasteiger charge is 2.27. The van der Waals surface area contributed by atoms with Crippen LogP contribution in [0.3, 0.4) is 0 Å². The summed E-state index contributed by atoms with van der Waals surface area (Å²) < 4.78 is 30.4. The molecule has 9 heteroatoms. The van der Waals surface area contributed by atoms with Gasteiger partial charge in [0, 0.05) is 13.8 Å². The van der Waals surface area contributed by atoms with Crippen molar-refractivity contribution in [2.45, 2.75) is 31.7 Å². The van der Waals surface area contributed by atoms with E-state index in [0.717, 1.165) is 5.56 Å². The first-order chi connectivity index (χ1) is 10.8. The van der Waals surface area contributed by atoms with E-state index >= 15 is 0 Å². The van der Waals surface area contributed by atoms with E-state index in [4.69, 9.17) is 4.52 Å². The van der Waals surface area contributed by atoms with Crippen LogP contribution < -0.4 is 9.79 Å². The molecule has 0 atom stereocenters. The fourth-order valence-corrected chi connectivity index (χ4v) is 2.69. The van der Waals surface area contributed by atoms with Gasteiger partial charge in [0.05, 0.1) is 10.1 Å². The SMILES string of the molecule is Cc1ccc(S(=O)(=O)/C([O-])=N/c2on[n+](C(C)C)c2C=O)cc1. The summed E-state index contributed by atoms with van der Waals surface area (Å²) >= 11 is 0. The van der Waals surface area contributed by atoms with E-state index in [0.29, 0.717) is 6.29 Å². The summed E-state index contributed by atoms with van der Waals surface area (Å²) in [5, 5.41) is 14.2. The molecular formula is C14H15N3O5S. The van der Waals surface area contributed by atoms with E-state index in [1.807, 2.05) is 0 Å². The Kier molecular flexibility index (Phi) is 4.60. The highest BCUT2D eigenvalue weighted by Crippen LogP contribution is 2.18. The van der Waals surface area contributed by atoms with Crippen LogP contribution in [-0.4, -0.2) is 25.2 Å². The Hall–Kier alpha value is -2.55. The van der Waals surface area contributed by atoms with Gasteiger partial charge in [-0.1, -0.05) is 17.7 Å². The first-order valence-electron chi connectivity index (χ1n) is 6.71. The fraction of sp³-hybridized carbons (Fsp3) is 0.286. The van der Waals surface area contributed by atoms with Crippen LogP contribution in [0.1, 0.15) is 35.9 Å². The molecule has 1 heterocycles. The number of sulfone groups is 1. The molecule has 0 spiro atoms. The molecule has 0 bridgehead atoms. The van der Waals surface area contributed by atoms with E-state index in [1.165, 1.54) is 16.8 Å². The number of aromatic nitrogens is 2. The first kappa shape index (κ1) is 16.8. The van der Waals surface area contributed by atoms with Gasteiger partial charge in [-0.2, -0.15) is 0 Å². The third-order valence-electron chi connectivity index (χ3n) is 3.04. The lowest BCUT2D eigenvalue weighted by Crippen LogP contribution is -2.41. The molecule has 0 aliphatic carbocycles. The van der Waals surface area contributed by atoms with Gasteiger partial charge in [-0.15, -0.1) is 0 Å². The monoisotopic (exact) mass is 337 g/mol. The lowest BCUT2D eigenvalue weighted by Gasteiger charge is -2.10. The molecule has 2 rings (SSSR count). The van der Waals surface area contributed by atoms with E-state index in [9.17, 15) is 18.3 Å². The average Bonchev–Trinajstić information content (AvgIpc) is 2.90. The van der Waals surface area contributed by atoms with Crippen molar-refractivity contribution in [1.29, 1.82) is 0 Å². The lowest BCUT2D eigenvalue weighted by molar-refractivity contribution is -0.780. The zero-order valence-electron chi connectivity index (χ0n) is 12.8. The number of carbonyl (C=O) groups is 1. The molecule has 0 fully saturated rings. The van der Waals surface area contributed by atoms with Crippen LogP contribution in [0.15, 0.2) is 38.7 Å². The largest absolute Gasteiger partial charge is 0.850 e. The second-order valence-electron chi connectivity index (χ2n) is 5.11. The van der Waals surface area contributed by atoms with Crippen LogP contribution in [0.25, 0.3) is 0 Å². The smallest absolute Gasteiger partial charge is 0.339 e. The Morgan fingerprint density at radius 1 is 1.35 bits per heavy atom. The Morgan fingerprint density at radius 2 is 1.96 bits per heavy atom. The van der Waals surface area contributed by atoms with E-state index in [1.54, 1.807) is 32.9 Å². The number of hydrogen-bond acceptors (Lipinski definition) is 7. The predicted molar refractivity (Wildman–Crippen MR) is 77.9 cm³/mol. The van der Waals surface area contributed by atoms with Gasteiger partial charge in [0.2, 0.25) is 21.4 Å². The van der Waals surface area contributed by atoms with Crippen molar-refractivity contribution in [2.75, 3.05) is 0 Å². The van der Waals surface area contributed by atoms with Crippen LogP contribution in [0.4, 0.5) is 5.88 Å². The fourth-order valence-electron chi connectivity index (χ4n) is 1.79. The maximum absolute atomic E-state index is 12.2. The van der Waals surface area contributed by atoms with Gasteiger partial charge in [-0.25, -0.2) is 13.4 Å². The summed E-state index contributed by atoms with van der Waals surface area (Å²) in [6, 6.07) is 5.55. The van der Waals surface area contributed by atoms with Crippen molar-refractivity contribution >= 4 is 27.2 Å². The lowest BCUT2D eigenvalue weighted by atomic mass is 10.2. The summed E-state index contributed by atoms with van der Waals surface area (Å²) in [5.74, 6) is -0.436. The molecule has 0 N–H and O–H groups in total. The molecule has 0 saturated carbocycles. The van der Waals surface area contributed by atoms with E-state index in [-0.39, 0.29) is 16.6 Å². The zero-order valence-corrected chi connectivity index (χ0v) is 13.6. The van der Waals surface area contributed by atoms with Crippen molar-refractivity contribution < 1.29 is 27.5 Å². The number of rotatable bonds is 4. The van der Waals surface area contributed by atoms with Crippen LogP contribution in [-0.2, 0) is 9.84 Å². The number of aldehydes is 1. The van der Waals surface area contributed by atoms with Gasteiger partial charge in [-0.3, -0.25) is 9.32 Å². The molecule has 0 radical (unpaired) electrons. The predicted octanol–water partition coefficient (Wildman–Crippen LogP) is 0.486. The van der Waals surface area contributed by atoms with Crippen LogP contribution in [0, 0.1) is 6.92 Å². The summed E-state index contributed by atoms with van der Waals surface area (Å²) in [6.45, 7) is 5.27. The topological polar surface area (TPSA) is 117 Å². The number of nitrogens with zero attached hydrogens (tertiary/aromatic N) is 3. The number of benzene rings is 1. The molecule has 0 aliphatic rings. The molecule has 1 aromatic carbocycles. The standard InChI is InChI=1S/C14H15N3O5S/c1-9(2)17-12(8-18)13(22-16-17)15-14(19)23(20,21)11-6-4-10(3)5-7-11/h4-9H,1-3H3. The Morgan fingerprint density at radius 3 is 2.48 bits per heavy atom. The van der Waals surface area contributed by atoms with Crippen LogP contribution >= 0.6 is 0 Å². The van der Waals surface area contributed by atoms with E-state index in [2.05, 4.69) is 10.3 Å². The summed E-state index contributed by atoms with van der Waals surface area (Å²) in [5.41, 5.74) is 0.747. The normalized spacial score (nSPS) is 12.6. The minimum atomic E-state index is -4.31. The van der Waals surface area contributed by atoms with Crippen molar-refractivity contribution in [1.82, 2.24) is 5.27 Å². The number of carbonyl (C=O) groups excluding carboxylic acids is 1. The number of aryl methyl sites for hydroxylation is 1. The molecule has 2 aromatic rings. The number of aliphatic imine (C=N–C) groups is 1. The van der Waals surface area contributed by atoms with Gasteiger partial charge in [0.25, 0.3) is 0 Å². The highest BCUT2D eigenvalue weighted by molar-refractivity contribution is 8.05. The van der Waals surface area contributed by atoms with Gasteiger partial charge < -0.3 is 5.11 Å². The van der Waals surface area contributed by atoms with Crippen molar-refractivity contribution in [3.05, 3.63) is 35.5 Å². The molecular weight excluding hydrogens is 322 g/mol. The van der Waals surface area contributed by atoms with Crippen LogP contribution in [0.5, 0.6) is 0 Å². The Balaban J connectivity index is 2.47. The van der Waals surface area contributed by atoms with Gasteiger partial charge in [-0.05, 0) is 23.7 Å². The molecule has 122 valence electrons. The second-order valence-corrected chi connectivity index (χ2v) is 6.94. The van der Waals surface area contributed by atoms with Gasteiger partial charge >= 0.3 is 11.6 Å². The molecule has 8 nitrogen and oxygen atoms in total. The second kappa shape index (κ2) is 6.29. The van der Waals surface area contributed by atoms with Crippen molar-refractivity contribution in [3.63, 3.8) is 0 Å². The molecule has 0 unspecified atom stereocenters. The third-order valence-corrected chi connectivity index (χ3v) is 4.48. The molecule has 1 aromatic heterocycles. The average molecular weight is 337 g/mol. The maximum Gasteiger partial charge on any atom is 0.339 e. The third kappa shape index (κ3) is 3.29. The molecule has 0 aliphatic heterocycles. The Bertz CT molecular complexity index is 851. The van der Waals surface area contributed by atoms with Crippen LogP contribution in [0.2, 0.25) is 0 Å². The highest BCUT2D eigenvalue weighted by atomic mass is 32.2. The maximum atomic E-state index is 12.2. The quantitative estimate of drug-likeness (QED) is 0.347. The zero-order chi connectivity index (χ0) is 17.2. The molecule has 23 heavy (non-hydrogen) atoms. The van der Waals surface area contributed by atoms with Gasteiger partial charge in [0.1, 0.15) is 0 Å². The summed E-state index contributed by atoms with van der Waals surface area (Å²) in [7, 11) is -4.31. The molecule has 0 amide bonds. The number of hydrogen-bond donors (Lipinski definition) is 0. The van der Waals surface area contributed by atoms with Gasteiger partial charge in [0.15, 0.2) is 6.04 Å².